The molecule has 2 unspecified atom stereocenters. The number of fused-ring (bicyclic) bond motifs is 1. The molecule has 4 aliphatic rings. The zero-order chi connectivity index (χ0) is 39.8. The second kappa shape index (κ2) is 14.8. The summed E-state index contributed by atoms with van der Waals surface area (Å²) in [6.07, 6.45) is 4.51. The van der Waals surface area contributed by atoms with Gasteiger partial charge in [0.15, 0.2) is 11.5 Å². The van der Waals surface area contributed by atoms with Crippen LogP contribution in [0.2, 0.25) is 0 Å². The summed E-state index contributed by atoms with van der Waals surface area (Å²) in [5, 5.41) is 0. The Morgan fingerprint density at radius 1 is 0.589 bits per heavy atom. The van der Waals surface area contributed by atoms with Crippen LogP contribution in [0.15, 0.2) is 107 Å². The number of cyclic esters (lactones) is 4. The maximum absolute atomic E-state index is 13.1. The summed E-state index contributed by atoms with van der Waals surface area (Å²) >= 11 is 0. The molecule has 0 bridgehead atoms. The highest BCUT2D eigenvalue weighted by atomic mass is 16.6. The molecule has 3 aromatic rings. The number of benzene rings is 3. The first kappa shape index (κ1) is 36.9. The van der Waals surface area contributed by atoms with Gasteiger partial charge in [-0.3, -0.25) is 0 Å². The summed E-state index contributed by atoms with van der Waals surface area (Å²) in [6, 6.07) is 13.5. The fourth-order valence-electron chi connectivity index (χ4n) is 6.21. The van der Waals surface area contributed by atoms with Gasteiger partial charge in [0.25, 0.3) is 0 Å². The largest absolute Gasteiger partial charge is 0.493 e. The molecule has 0 saturated carbocycles. The topological polar surface area (TPSA) is 201 Å². The first-order valence-corrected chi connectivity index (χ1v) is 17.0. The van der Waals surface area contributed by atoms with Gasteiger partial charge in [-0.25, -0.2) is 38.4 Å². The third-order valence-corrected chi connectivity index (χ3v) is 9.22. The van der Waals surface area contributed by atoms with Gasteiger partial charge in [0, 0.05) is 23.1 Å². The molecule has 2 atom stereocenters. The van der Waals surface area contributed by atoms with Crippen LogP contribution >= 0.6 is 0 Å². The minimum Gasteiger partial charge on any atom is -0.493 e. The molecule has 2 heterocycles. The molecule has 15 nitrogen and oxygen atoms in total. The number of rotatable bonds is 9. The van der Waals surface area contributed by atoms with E-state index in [-0.39, 0.29) is 92.1 Å². The number of hydrogen-bond donors (Lipinski definition) is 0. The van der Waals surface area contributed by atoms with Crippen molar-refractivity contribution in [2.75, 3.05) is 7.11 Å². The maximum atomic E-state index is 13.1. The molecule has 0 spiro atoms. The summed E-state index contributed by atoms with van der Waals surface area (Å²) in [4.78, 5) is 99.1. The van der Waals surface area contributed by atoms with Crippen LogP contribution in [0.1, 0.15) is 68.1 Å². The smallest absolute Gasteiger partial charge is 0.347 e. The van der Waals surface area contributed by atoms with Crippen molar-refractivity contribution in [3.63, 3.8) is 0 Å². The lowest BCUT2D eigenvalue weighted by atomic mass is 9.88. The molecule has 56 heavy (non-hydrogen) atoms. The number of ether oxygens (including phenoxy) is 7. The van der Waals surface area contributed by atoms with E-state index in [1.807, 2.05) is 0 Å². The average molecular weight is 761 g/mol. The minimum absolute atomic E-state index is 0.00656. The number of allylic oxidation sites excluding steroid dienone is 3. The van der Waals surface area contributed by atoms with Gasteiger partial charge >= 0.3 is 47.8 Å². The normalized spacial score (nSPS) is 18.4. The number of carbonyl (C=O) groups excluding carboxylic acids is 8. The van der Waals surface area contributed by atoms with E-state index in [4.69, 9.17) is 23.7 Å². The van der Waals surface area contributed by atoms with Crippen LogP contribution in [-0.4, -0.2) is 54.9 Å². The van der Waals surface area contributed by atoms with Crippen molar-refractivity contribution in [2.45, 2.75) is 26.7 Å². The molecular formula is C41H28O15. The zero-order valence-electron chi connectivity index (χ0n) is 29.7. The molecule has 15 heteroatoms. The van der Waals surface area contributed by atoms with Gasteiger partial charge in [-0.1, -0.05) is 26.0 Å². The van der Waals surface area contributed by atoms with Gasteiger partial charge < -0.3 is 33.2 Å². The summed E-state index contributed by atoms with van der Waals surface area (Å²) in [6.45, 7) is 3.46. The van der Waals surface area contributed by atoms with E-state index in [0.29, 0.717) is 0 Å². The van der Waals surface area contributed by atoms with E-state index < -0.39 is 53.7 Å². The van der Waals surface area contributed by atoms with Crippen LogP contribution in [0, 0.1) is 11.8 Å². The standard InChI is InChI=1S/C41H28O15/c1-19-14-23(8-11-26(19)37(45)52-24-9-12-27-29(16-24)40(48)55-38(27)46)36(44)53-31-13-10-25(17-33(31)50-3)51-34(42)21-4-6-22(7-5-21)35(43)54-32-18-30-28(15-20(32)2)39(47)56-41(30)49/h4-13,16-20H,14-15H2,1-3H3. The third kappa shape index (κ3) is 7.24. The van der Waals surface area contributed by atoms with Gasteiger partial charge in [-0.05, 0) is 79.4 Å². The predicted molar refractivity (Wildman–Crippen MR) is 187 cm³/mol. The van der Waals surface area contributed by atoms with Crippen LogP contribution in [0.4, 0.5) is 0 Å². The quantitative estimate of drug-likeness (QED) is 0.121. The second-order valence-electron chi connectivity index (χ2n) is 13.0. The van der Waals surface area contributed by atoms with Crippen LogP contribution in [0.5, 0.6) is 23.0 Å². The molecule has 282 valence electrons. The molecular weight excluding hydrogens is 732 g/mol. The predicted octanol–water partition coefficient (Wildman–Crippen LogP) is 5.09. The number of hydrogen-bond acceptors (Lipinski definition) is 15. The van der Waals surface area contributed by atoms with E-state index in [9.17, 15) is 38.4 Å². The highest BCUT2D eigenvalue weighted by Crippen LogP contribution is 2.36. The minimum atomic E-state index is -0.833. The Balaban J connectivity index is 0.953. The monoisotopic (exact) mass is 760 g/mol. The Bertz CT molecular complexity index is 2430. The van der Waals surface area contributed by atoms with Gasteiger partial charge in [0.05, 0.1) is 40.5 Å². The second-order valence-corrected chi connectivity index (χ2v) is 13.0. The lowest BCUT2D eigenvalue weighted by Gasteiger charge is -2.20. The number of esters is 8. The van der Waals surface area contributed by atoms with Gasteiger partial charge in [0.2, 0.25) is 0 Å². The number of methoxy groups -OCH3 is 1. The van der Waals surface area contributed by atoms with Gasteiger partial charge in [0.1, 0.15) is 17.3 Å². The van der Waals surface area contributed by atoms with E-state index >= 15 is 0 Å². The molecule has 3 aromatic carbocycles. The molecule has 7 rings (SSSR count). The van der Waals surface area contributed by atoms with Crippen LogP contribution < -0.4 is 18.9 Å². The van der Waals surface area contributed by atoms with Crippen LogP contribution in [0.25, 0.3) is 0 Å². The first-order valence-electron chi connectivity index (χ1n) is 17.0. The van der Waals surface area contributed by atoms with Crippen LogP contribution in [-0.2, 0) is 33.4 Å². The third-order valence-electron chi connectivity index (χ3n) is 9.22. The molecule has 0 aromatic heterocycles. The van der Waals surface area contributed by atoms with E-state index in [0.717, 1.165) is 0 Å². The van der Waals surface area contributed by atoms with Crippen molar-refractivity contribution in [3.05, 3.63) is 129 Å². The summed E-state index contributed by atoms with van der Waals surface area (Å²) in [7, 11) is 1.33. The SMILES string of the molecule is COc1cc(OC(=O)c2ccc(C(=O)OC3=CC4=C(CC3C)C(=O)OC4=O)cc2)ccc1OC(=O)C1=CC=C(C(=O)Oc2ccc3c(c2)C(=O)OC3=O)C(C)C1. The van der Waals surface area contributed by atoms with Crippen molar-refractivity contribution in [2.24, 2.45) is 11.8 Å². The Hall–Kier alpha value is -7.42. The Morgan fingerprint density at radius 2 is 1.21 bits per heavy atom. The molecule has 2 aliphatic heterocycles. The molecule has 0 saturated heterocycles. The van der Waals surface area contributed by atoms with E-state index in [1.54, 1.807) is 13.8 Å². The zero-order valence-corrected chi connectivity index (χ0v) is 29.7. The van der Waals surface area contributed by atoms with Crippen molar-refractivity contribution in [3.8, 4) is 23.0 Å². The fraction of sp³-hybridized carbons (Fsp3) is 0.171. The highest BCUT2D eigenvalue weighted by Gasteiger charge is 2.38. The van der Waals surface area contributed by atoms with Crippen molar-refractivity contribution >= 4 is 47.8 Å². The van der Waals surface area contributed by atoms with Crippen molar-refractivity contribution in [1.29, 1.82) is 0 Å². The molecule has 0 radical (unpaired) electrons. The van der Waals surface area contributed by atoms with Crippen molar-refractivity contribution < 1.29 is 71.5 Å². The Labute approximate surface area is 316 Å². The van der Waals surface area contributed by atoms with Gasteiger partial charge in [-0.2, -0.15) is 0 Å². The fourth-order valence-corrected chi connectivity index (χ4v) is 6.21. The first-order chi connectivity index (χ1) is 26.8. The van der Waals surface area contributed by atoms with E-state index in [1.165, 1.54) is 86.0 Å². The lowest BCUT2D eigenvalue weighted by Crippen LogP contribution is -2.22. The number of carbonyl (C=O) groups is 8. The van der Waals surface area contributed by atoms with Gasteiger partial charge in [-0.15, -0.1) is 0 Å². The summed E-state index contributed by atoms with van der Waals surface area (Å²) in [5.41, 5.74) is 1.11. The van der Waals surface area contributed by atoms with Crippen LogP contribution in [0.3, 0.4) is 0 Å². The Kier molecular flexibility index (Phi) is 9.74. The molecule has 2 aliphatic carbocycles. The molecule has 0 amide bonds. The average Bonchev–Trinajstić information content (AvgIpc) is 3.62. The maximum Gasteiger partial charge on any atom is 0.347 e. The summed E-state index contributed by atoms with van der Waals surface area (Å²) in [5.74, 6) is -6.43. The van der Waals surface area contributed by atoms with E-state index in [2.05, 4.69) is 9.47 Å². The highest BCUT2D eigenvalue weighted by molar-refractivity contribution is 6.15. The molecule has 0 fully saturated rings. The molecule has 0 N–H and O–H groups in total. The Morgan fingerprint density at radius 3 is 1.91 bits per heavy atom. The lowest BCUT2D eigenvalue weighted by molar-refractivity contribution is -0.151. The summed E-state index contributed by atoms with van der Waals surface area (Å²) < 4.78 is 36.5. The van der Waals surface area contributed by atoms with Crippen molar-refractivity contribution in [1.82, 2.24) is 0 Å².